The van der Waals surface area contributed by atoms with Gasteiger partial charge in [0.1, 0.15) is 0 Å². The van der Waals surface area contributed by atoms with Crippen LogP contribution in [0.2, 0.25) is 0 Å². The first-order valence-corrected chi connectivity index (χ1v) is 5.92. The van der Waals surface area contributed by atoms with E-state index in [0.717, 1.165) is 23.5 Å². The number of rotatable bonds is 6. The van der Waals surface area contributed by atoms with Gasteiger partial charge in [-0.2, -0.15) is 0 Å². The number of thiazole rings is 1. The maximum Gasteiger partial charge on any atom is 0.220 e. The highest BCUT2D eigenvalue weighted by Gasteiger charge is 2.04. The van der Waals surface area contributed by atoms with Gasteiger partial charge in [0.25, 0.3) is 0 Å². The predicted octanol–water partition coefficient (Wildman–Crippen LogP) is 1.07. The number of hydrogen-bond donors (Lipinski definition) is 2. The van der Waals surface area contributed by atoms with Crippen molar-refractivity contribution in [3.05, 3.63) is 16.1 Å². The van der Waals surface area contributed by atoms with E-state index in [1.807, 2.05) is 14.0 Å². The molecule has 5 heteroatoms. The fourth-order valence-electron chi connectivity index (χ4n) is 1.19. The monoisotopic (exact) mass is 227 g/mol. The molecular formula is C10H17N3OS. The molecule has 1 amide bonds. The van der Waals surface area contributed by atoms with Gasteiger partial charge in [0, 0.05) is 11.3 Å². The van der Waals surface area contributed by atoms with Crippen molar-refractivity contribution in [2.75, 3.05) is 13.6 Å². The third-order valence-electron chi connectivity index (χ3n) is 2.12. The van der Waals surface area contributed by atoms with Crippen LogP contribution in [0.1, 0.15) is 23.4 Å². The second-order valence-electron chi connectivity index (χ2n) is 3.34. The normalized spacial score (nSPS) is 10.3. The molecule has 1 aromatic rings. The van der Waals surface area contributed by atoms with Crippen LogP contribution in [-0.4, -0.2) is 24.5 Å². The maximum atomic E-state index is 11.4. The van der Waals surface area contributed by atoms with Crippen LogP contribution in [0.25, 0.3) is 0 Å². The summed E-state index contributed by atoms with van der Waals surface area (Å²) < 4.78 is 0. The summed E-state index contributed by atoms with van der Waals surface area (Å²) in [5.41, 5.74) is 2.81. The quantitative estimate of drug-likeness (QED) is 0.715. The number of aromatic nitrogens is 1. The predicted molar refractivity (Wildman–Crippen MR) is 61.9 cm³/mol. The van der Waals surface area contributed by atoms with Crippen LogP contribution < -0.4 is 10.6 Å². The maximum absolute atomic E-state index is 11.4. The molecule has 0 saturated carbocycles. The molecule has 2 N–H and O–H groups in total. The lowest BCUT2D eigenvalue weighted by molar-refractivity contribution is -0.121. The first-order chi connectivity index (χ1) is 7.24. The molecule has 0 aromatic carbocycles. The third kappa shape index (κ3) is 4.40. The van der Waals surface area contributed by atoms with Gasteiger partial charge in [-0.05, 0) is 26.9 Å². The molecule has 1 rings (SSSR count). The summed E-state index contributed by atoms with van der Waals surface area (Å²) in [6.07, 6.45) is 1.46. The highest BCUT2D eigenvalue weighted by Crippen LogP contribution is 2.11. The van der Waals surface area contributed by atoms with E-state index in [4.69, 9.17) is 0 Å². The van der Waals surface area contributed by atoms with Gasteiger partial charge in [-0.25, -0.2) is 4.98 Å². The molecule has 0 fully saturated rings. The smallest absolute Gasteiger partial charge is 0.220 e. The second kappa shape index (κ2) is 6.53. The van der Waals surface area contributed by atoms with Gasteiger partial charge in [0.05, 0.1) is 17.7 Å². The van der Waals surface area contributed by atoms with E-state index in [2.05, 4.69) is 15.6 Å². The number of amides is 1. The van der Waals surface area contributed by atoms with Crippen molar-refractivity contribution in [1.82, 2.24) is 15.6 Å². The van der Waals surface area contributed by atoms with Crippen molar-refractivity contribution in [2.24, 2.45) is 0 Å². The fraction of sp³-hybridized carbons (Fsp3) is 0.600. The Kier molecular flexibility index (Phi) is 5.28. The standard InChI is InChI=1S/C10H17N3OS/c1-8-9(15-7-13-8)6-12-10(14)4-3-5-11-2/h7,11H,3-6H2,1-2H3,(H,12,14). The Morgan fingerprint density at radius 1 is 1.60 bits per heavy atom. The summed E-state index contributed by atoms with van der Waals surface area (Å²) in [5, 5.41) is 5.90. The molecule has 15 heavy (non-hydrogen) atoms. The zero-order valence-corrected chi connectivity index (χ0v) is 9.99. The summed E-state index contributed by atoms with van der Waals surface area (Å²) in [4.78, 5) is 16.6. The van der Waals surface area contributed by atoms with Crippen LogP contribution in [0.3, 0.4) is 0 Å². The summed E-state index contributed by atoms with van der Waals surface area (Å²) in [7, 11) is 1.89. The van der Waals surface area contributed by atoms with Crippen LogP contribution >= 0.6 is 11.3 Å². The molecule has 0 aliphatic rings. The molecule has 0 unspecified atom stereocenters. The molecular weight excluding hydrogens is 210 g/mol. The lowest BCUT2D eigenvalue weighted by Crippen LogP contribution is -2.23. The summed E-state index contributed by atoms with van der Waals surface area (Å²) in [6.45, 7) is 3.45. The lowest BCUT2D eigenvalue weighted by atomic mass is 10.3. The number of carbonyl (C=O) groups is 1. The second-order valence-corrected chi connectivity index (χ2v) is 4.28. The fourth-order valence-corrected chi connectivity index (χ4v) is 1.91. The molecule has 0 spiro atoms. The number of aryl methyl sites for hydroxylation is 1. The average molecular weight is 227 g/mol. The number of nitrogens with zero attached hydrogens (tertiary/aromatic N) is 1. The molecule has 0 bridgehead atoms. The third-order valence-corrected chi connectivity index (χ3v) is 3.06. The van der Waals surface area contributed by atoms with Crippen molar-refractivity contribution < 1.29 is 4.79 Å². The van der Waals surface area contributed by atoms with E-state index in [1.54, 1.807) is 16.8 Å². The van der Waals surface area contributed by atoms with E-state index in [-0.39, 0.29) is 5.91 Å². The van der Waals surface area contributed by atoms with Crippen molar-refractivity contribution in [2.45, 2.75) is 26.3 Å². The van der Waals surface area contributed by atoms with Gasteiger partial charge in [-0.15, -0.1) is 11.3 Å². The molecule has 1 heterocycles. The van der Waals surface area contributed by atoms with Gasteiger partial charge < -0.3 is 10.6 Å². The van der Waals surface area contributed by atoms with Gasteiger partial charge in [0.2, 0.25) is 5.91 Å². The van der Waals surface area contributed by atoms with E-state index in [1.165, 1.54) is 0 Å². The number of hydrogen-bond acceptors (Lipinski definition) is 4. The summed E-state index contributed by atoms with van der Waals surface area (Å²) in [5.74, 6) is 0.109. The van der Waals surface area contributed by atoms with Crippen LogP contribution in [0.15, 0.2) is 5.51 Å². The number of nitrogens with one attached hydrogen (secondary N) is 2. The highest BCUT2D eigenvalue weighted by atomic mass is 32.1. The molecule has 0 aliphatic heterocycles. The minimum atomic E-state index is 0.109. The zero-order chi connectivity index (χ0) is 11.1. The van der Waals surface area contributed by atoms with E-state index in [9.17, 15) is 4.79 Å². The minimum Gasteiger partial charge on any atom is -0.351 e. The molecule has 84 valence electrons. The van der Waals surface area contributed by atoms with Gasteiger partial charge in [-0.3, -0.25) is 4.79 Å². The van der Waals surface area contributed by atoms with Crippen LogP contribution in [0.4, 0.5) is 0 Å². The van der Waals surface area contributed by atoms with Gasteiger partial charge in [-0.1, -0.05) is 0 Å². The molecule has 0 saturated heterocycles. The van der Waals surface area contributed by atoms with E-state index < -0.39 is 0 Å². The SMILES string of the molecule is CNCCCC(=O)NCc1scnc1C. The van der Waals surface area contributed by atoms with E-state index in [0.29, 0.717) is 13.0 Å². The topological polar surface area (TPSA) is 54.0 Å². The largest absolute Gasteiger partial charge is 0.351 e. The first kappa shape index (κ1) is 12.1. The lowest BCUT2D eigenvalue weighted by Gasteiger charge is -2.03. The van der Waals surface area contributed by atoms with Crippen molar-refractivity contribution in [1.29, 1.82) is 0 Å². The summed E-state index contributed by atoms with van der Waals surface area (Å²) >= 11 is 1.58. The molecule has 1 aromatic heterocycles. The van der Waals surface area contributed by atoms with Crippen LogP contribution in [0.5, 0.6) is 0 Å². The molecule has 4 nitrogen and oxygen atoms in total. The zero-order valence-electron chi connectivity index (χ0n) is 9.17. The van der Waals surface area contributed by atoms with Crippen molar-refractivity contribution >= 4 is 17.2 Å². The Hall–Kier alpha value is -0.940. The van der Waals surface area contributed by atoms with Crippen LogP contribution in [0, 0.1) is 6.92 Å². The minimum absolute atomic E-state index is 0.109. The van der Waals surface area contributed by atoms with Gasteiger partial charge >= 0.3 is 0 Å². The number of carbonyl (C=O) groups excluding carboxylic acids is 1. The van der Waals surface area contributed by atoms with Crippen LogP contribution in [-0.2, 0) is 11.3 Å². The molecule has 0 atom stereocenters. The Bertz CT molecular complexity index is 311. The van der Waals surface area contributed by atoms with Crippen molar-refractivity contribution in [3.8, 4) is 0 Å². The Morgan fingerprint density at radius 2 is 2.40 bits per heavy atom. The Morgan fingerprint density at radius 3 is 3.00 bits per heavy atom. The summed E-state index contributed by atoms with van der Waals surface area (Å²) in [6, 6.07) is 0. The molecule has 0 radical (unpaired) electrons. The highest BCUT2D eigenvalue weighted by molar-refractivity contribution is 7.09. The molecule has 0 aliphatic carbocycles. The van der Waals surface area contributed by atoms with Gasteiger partial charge in [0.15, 0.2) is 0 Å². The average Bonchev–Trinajstić information content (AvgIpc) is 2.61. The Labute approximate surface area is 94.1 Å². The first-order valence-electron chi connectivity index (χ1n) is 5.04. The van der Waals surface area contributed by atoms with Crippen molar-refractivity contribution in [3.63, 3.8) is 0 Å². The van der Waals surface area contributed by atoms with E-state index >= 15 is 0 Å². The Balaban J connectivity index is 2.20.